The highest BCUT2D eigenvalue weighted by atomic mass is 16.2. The van der Waals surface area contributed by atoms with Crippen LogP contribution in [-0.4, -0.2) is 23.9 Å². The molecule has 0 heterocycles. The number of hydrogen-bond donors (Lipinski definition) is 0. The van der Waals surface area contributed by atoms with Crippen LogP contribution < -0.4 is 0 Å². The molecule has 0 N–H and O–H groups in total. The lowest BCUT2D eigenvalue weighted by molar-refractivity contribution is 0.0771. The van der Waals surface area contributed by atoms with Crippen molar-refractivity contribution in [2.75, 3.05) is 13.1 Å². The van der Waals surface area contributed by atoms with Crippen molar-refractivity contribution in [3.63, 3.8) is 0 Å². The molecule has 2 nitrogen and oxygen atoms in total. The van der Waals surface area contributed by atoms with E-state index < -0.39 is 0 Å². The van der Waals surface area contributed by atoms with Crippen molar-refractivity contribution >= 4 is 5.91 Å². The van der Waals surface area contributed by atoms with Gasteiger partial charge in [0.15, 0.2) is 0 Å². The number of carbonyl (C=O) groups excluding carboxylic acids is 1. The summed E-state index contributed by atoms with van der Waals surface area (Å²) >= 11 is 0. The van der Waals surface area contributed by atoms with Gasteiger partial charge in [0, 0.05) is 24.6 Å². The van der Waals surface area contributed by atoms with Crippen molar-refractivity contribution in [1.82, 2.24) is 4.90 Å². The highest BCUT2D eigenvalue weighted by Gasteiger charge is 2.19. The second-order valence-electron chi connectivity index (χ2n) is 5.20. The number of nitrogens with zero attached hydrogens (tertiary/aromatic N) is 1. The van der Waals surface area contributed by atoms with Gasteiger partial charge in [-0.2, -0.15) is 0 Å². The Hall–Kier alpha value is -2.09. The molecule has 1 amide bonds. The van der Waals surface area contributed by atoms with Crippen LogP contribution in [0.2, 0.25) is 0 Å². The zero-order chi connectivity index (χ0) is 15.2. The van der Waals surface area contributed by atoms with Crippen LogP contribution in [0.25, 0.3) is 0 Å². The molecule has 21 heavy (non-hydrogen) atoms. The van der Waals surface area contributed by atoms with Gasteiger partial charge in [-0.15, -0.1) is 0 Å². The minimum Gasteiger partial charge on any atom is -0.339 e. The standard InChI is InChI=1S/C19H23NO/c1-4-20(5-2)19(21)18-14-10-9-13-17(18)15(3)16-11-7-6-8-12-16/h6-15H,4-5H2,1-3H3. The van der Waals surface area contributed by atoms with Gasteiger partial charge in [-0.25, -0.2) is 0 Å². The fourth-order valence-corrected chi connectivity index (χ4v) is 2.67. The Morgan fingerprint density at radius 1 is 0.952 bits per heavy atom. The first-order valence-corrected chi connectivity index (χ1v) is 7.62. The van der Waals surface area contributed by atoms with Crippen LogP contribution >= 0.6 is 0 Å². The van der Waals surface area contributed by atoms with E-state index in [1.54, 1.807) is 0 Å². The molecule has 0 saturated carbocycles. The lowest BCUT2D eigenvalue weighted by Crippen LogP contribution is -2.31. The van der Waals surface area contributed by atoms with E-state index in [0.717, 1.165) is 24.2 Å². The minimum absolute atomic E-state index is 0.124. The van der Waals surface area contributed by atoms with E-state index in [-0.39, 0.29) is 11.8 Å². The smallest absolute Gasteiger partial charge is 0.254 e. The highest BCUT2D eigenvalue weighted by Crippen LogP contribution is 2.27. The molecule has 110 valence electrons. The summed E-state index contributed by atoms with van der Waals surface area (Å²) in [5.41, 5.74) is 3.15. The number of benzene rings is 2. The van der Waals surface area contributed by atoms with Gasteiger partial charge in [0.2, 0.25) is 0 Å². The van der Waals surface area contributed by atoms with Crippen LogP contribution in [0.3, 0.4) is 0 Å². The third-order valence-corrected chi connectivity index (χ3v) is 4.01. The minimum atomic E-state index is 0.124. The fraction of sp³-hybridized carbons (Fsp3) is 0.316. The van der Waals surface area contributed by atoms with Crippen molar-refractivity contribution in [2.45, 2.75) is 26.7 Å². The predicted molar refractivity (Wildman–Crippen MR) is 87.7 cm³/mol. The van der Waals surface area contributed by atoms with Gasteiger partial charge in [-0.3, -0.25) is 4.79 Å². The maximum Gasteiger partial charge on any atom is 0.254 e. The molecule has 0 aromatic heterocycles. The topological polar surface area (TPSA) is 20.3 Å². The van der Waals surface area contributed by atoms with Crippen LogP contribution in [0.4, 0.5) is 0 Å². The van der Waals surface area contributed by atoms with Crippen molar-refractivity contribution in [1.29, 1.82) is 0 Å². The molecule has 0 aliphatic carbocycles. The summed E-state index contributed by atoms with van der Waals surface area (Å²) in [6.07, 6.45) is 0. The van der Waals surface area contributed by atoms with E-state index in [9.17, 15) is 4.79 Å². The second-order valence-corrected chi connectivity index (χ2v) is 5.20. The first-order chi connectivity index (χ1) is 10.2. The van der Waals surface area contributed by atoms with E-state index in [4.69, 9.17) is 0 Å². The molecule has 0 aliphatic heterocycles. The molecule has 0 fully saturated rings. The number of hydrogen-bond acceptors (Lipinski definition) is 1. The average molecular weight is 281 g/mol. The molecular formula is C19H23NO. The van der Waals surface area contributed by atoms with Gasteiger partial charge in [-0.1, -0.05) is 55.5 Å². The SMILES string of the molecule is CCN(CC)C(=O)c1ccccc1C(C)c1ccccc1. The highest BCUT2D eigenvalue weighted by molar-refractivity contribution is 5.96. The predicted octanol–water partition coefficient (Wildman–Crippen LogP) is 4.32. The van der Waals surface area contributed by atoms with E-state index in [0.29, 0.717) is 0 Å². The maximum absolute atomic E-state index is 12.7. The molecule has 0 bridgehead atoms. The molecule has 0 saturated heterocycles. The Morgan fingerprint density at radius 3 is 2.14 bits per heavy atom. The van der Waals surface area contributed by atoms with E-state index in [2.05, 4.69) is 25.1 Å². The molecule has 2 aromatic rings. The molecule has 1 unspecified atom stereocenters. The average Bonchev–Trinajstić information content (AvgIpc) is 2.56. The van der Waals surface area contributed by atoms with E-state index >= 15 is 0 Å². The lowest BCUT2D eigenvalue weighted by Gasteiger charge is -2.22. The molecule has 0 radical (unpaired) electrons. The molecule has 2 aromatic carbocycles. The fourth-order valence-electron chi connectivity index (χ4n) is 2.67. The molecule has 0 aliphatic rings. The number of amides is 1. The molecular weight excluding hydrogens is 258 g/mol. The summed E-state index contributed by atoms with van der Waals surface area (Å²) in [5, 5.41) is 0. The third kappa shape index (κ3) is 3.33. The van der Waals surface area contributed by atoms with Crippen LogP contribution in [0.15, 0.2) is 54.6 Å². The Bertz CT molecular complexity index is 588. The van der Waals surface area contributed by atoms with Gasteiger partial charge >= 0.3 is 0 Å². The third-order valence-electron chi connectivity index (χ3n) is 4.01. The van der Waals surface area contributed by atoms with Gasteiger partial charge in [-0.05, 0) is 31.0 Å². The number of carbonyl (C=O) groups is 1. The van der Waals surface area contributed by atoms with Crippen molar-refractivity contribution in [2.24, 2.45) is 0 Å². The summed E-state index contributed by atoms with van der Waals surface area (Å²) in [6, 6.07) is 18.3. The summed E-state index contributed by atoms with van der Waals surface area (Å²) in [5.74, 6) is 0.334. The molecule has 0 spiro atoms. The zero-order valence-corrected chi connectivity index (χ0v) is 13.0. The van der Waals surface area contributed by atoms with Crippen LogP contribution in [0.5, 0.6) is 0 Å². The van der Waals surface area contributed by atoms with Crippen molar-refractivity contribution < 1.29 is 4.79 Å². The Kier molecular flexibility index (Phi) is 5.15. The normalized spacial score (nSPS) is 12.0. The van der Waals surface area contributed by atoms with Gasteiger partial charge in [0.1, 0.15) is 0 Å². The summed E-state index contributed by atoms with van der Waals surface area (Å²) < 4.78 is 0. The van der Waals surface area contributed by atoms with Crippen LogP contribution in [0.1, 0.15) is 48.2 Å². The first-order valence-electron chi connectivity index (χ1n) is 7.62. The van der Waals surface area contributed by atoms with Crippen LogP contribution in [0, 0.1) is 0 Å². The Balaban J connectivity index is 2.39. The lowest BCUT2D eigenvalue weighted by atomic mass is 9.89. The Labute approximate surface area is 127 Å². The van der Waals surface area contributed by atoms with E-state index in [1.807, 2.05) is 55.1 Å². The zero-order valence-electron chi connectivity index (χ0n) is 13.0. The maximum atomic E-state index is 12.7. The second kappa shape index (κ2) is 7.07. The quantitative estimate of drug-likeness (QED) is 0.799. The van der Waals surface area contributed by atoms with E-state index in [1.165, 1.54) is 5.56 Å². The summed E-state index contributed by atoms with van der Waals surface area (Å²) in [7, 11) is 0. The molecule has 2 rings (SSSR count). The summed E-state index contributed by atoms with van der Waals surface area (Å²) in [4.78, 5) is 14.6. The van der Waals surface area contributed by atoms with Gasteiger partial charge in [0.05, 0.1) is 0 Å². The van der Waals surface area contributed by atoms with Crippen molar-refractivity contribution in [3.05, 3.63) is 71.3 Å². The Morgan fingerprint density at radius 2 is 1.52 bits per heavy atom. The van der Waals surface area contributed by atoms with Gasteiger partial charge in [0.25, 0.3) is 5.91 Å². The van der Waals surface area contributed by atoms with Crippen molar-refractivity contribution in [3.8, 4) is 0 Å². The van der Waals surface area contributed by atoms with Gasteiger partial charge < -0.3 is 4.90 Å². The molecule has 1 atom stereocenters. The monoisotopic (exact) mass is 281 g/mol. The van der Waals surface area contributed by atoms with Crippen LogP contribution in [-0.2, 0) is 0 Å². The summed E-state index contributed by atoms with van der Waals surface area (Å²) in [6.45, 7) is 7.67. The largest absolute Gasteiger partial charge is 0.339 e. The number of rotatable bonds is 5. The molecule has 2 heteroatoms. The first kappa shape index (κ1) is 15.3.